The maximum atomic E-state index is 12.3. The zero-order valence-corrected chi connectivity index (χ0v) is 21.6. The molecule has 0 saturated heterocycles. The summed E-state index contributed by atoms with van der Waals surface area (Å²) in [5.41, 5.74) is 0.597. The van der Waals surface area contributed by atoms with Crippen LogP contribution in [0.3, 0.4) is 0 Å². The number of anilines is 1. The minimum absolute atomic E-state index is 0.0228. The number of hydrogen-bond donors (Lipinski definition) is 2. The molecule has 0 aromatic heterocycles. The molecule has 1 atom stereocenters. The molecule has 1 amide bonds. The third kappa shape index (κ3) is 15.7. The van der Waals surface area contributed by atoms with Gasteiger partial charge in [0.05, 0.1) is 11.6 Å². The number of ether oxygens (including phenoxy) is 1. The Bertz CT molecular complexity index is 653. The molecule has 0 bridgehead atoms. The second-order valence-electron chi connectivity index (χ2n) is 8.85. The maximum absolute atomic E-state index is 12.3. The fraction of sp³-hybridized carbons (Fsp3) is 0.704. The first kappa shape index (κ1) is 29.3. The number of carbonyl (C=O) groups is 2. The SMILES string of the molecule is CCCSCCCCCCCCCCCCCC(=O)Nc1ccccc1OCC(C)C(=O)O. The van der Waals surface area contributed by atoms with Gasteiger partial charge in [0.15, 0.2) is 0 Å². The van der Waals surface area contributed by atoms with E-state index in [-0.39, 0.29) is 12.5 Å². The molecule has 0 heterocycles. The number of hydrogen-bond acceptors (Lipinski definition) is 4. The molecule has 1 aromatic carbocycles. The van der Waals surface area contributed by atoms with Crippen molar-refractivity contribution in [3.05, 3.63) is 24.3 Å². The van der Waals surface area contributed by atoms with Crippen LogP contribution in [0.25, 0.3) is 0 Å². The first-order valence-corrected chi connectivity index (χ1v) is 14.0. The normalized spacial score (nSPS) is 11.8. The van der Waals surface area contributed by atoms with Crippen LogP contribution in [0.4, 0.5) is 5.69 Å². The van der Waals surface area contributed by atoms with Crippen molar-refractivity contribution in [1.29, 1.82) is 0 Å². The van der Waals surface area contributed by atoms with Crippen LogP contribution in [0.2, 0.25) is 0 Å². The van der Waals surface area contributed by atoms with Crippen LogP contribution in [-0.4, -0.2) is 35.1 Å². The van der Waals surface area contributed by atoms with Gasteiger partial charge in [-0.1, -0.05) is 76.8 Å². The topological polar surface area (TPSA) is 75.6 Å². The number of nitrogens with one attached hydrogen (secondary N) is 1. The molecule has 1 unspecified atom stereocenters. The number of rotatable bonds is 21. The van der Waals surface area contributed by atoms with E-state index in [0.29, 0.717) is 17.9 Å². The Morgan fingerprint density at radius 2 is 1.48 bits per heavy atom. The number of aliphatic carboxylic acids is 1. The fourth-order valence-corrected chi connectivity index (χ4v) is 4.42. The Labute approximate surface area is 205 Å². The third-order valence-electron chi connectivity index (χ3n) is 5.61. The van der Waals surface area contributed by atoms with Crippen molar-refractivity contribution in [1.82, 2.24) is 0 Å². The van der Waals surface area contributed by atoms with Crippen LogP contribution in [0, 0.1) is 5.92 Å². The summed E-state index contributed by atoms with van der Waals surface area (Å²) in [4.78, 5) is 23.2. The lowest BCUT2D eigenvalue weighted by molar-refractivity contribution is -0.142. The quantitative estimate of drug-likeness (QED) is 0.178. The van der Waals surface area contributed by atoms with Crippen molar-refractivity contribution in [3.8, 4) is 5.75 Å². The van der Waals surface area contributed by atoms with E-state index in [9.17, 15) is 9.59 Å². The molecule has 5 nitrogen and oxygen atoms in total. The van der Waals surface area contributed by atoms with Gasteiger partial charge in [-0.3, -0.25) is 9.59 Å². The minimum Gasteiger partial charge on any atom is -0.491 e. The second-order valence-corrected chi connectivity index (χ2v) is 10.1. The lowest BCUT2D eigenvalue weighted by Gasteiger charge is -2.14. The first-order chi connectivity index (χ1) is 16.0. The average molecular weight is 480 g/mol. The monoisotopic (exact) mass is 479 g/mol. The summed E-state index contributed by atoms with van der Waals surface area (Å²) >= 11 is 2.09. The zero-order chi connectivity index (χ0) is 24.2. The van der Waals surface area contributed by atoms with Crippen LogP contribution in [0.5, 0.6) is 5.75 Å². The fourth-order valence-electron chi connectivity index (χ4n) is 3.52. The molecule has 0 aliphatic carbocycles. The Morgan fingerprint density at radius 3 is 2.09 bits per heavy atom. The average Bonchev–Trinajstić information content (AvgIpc) is 2.80. The Balaban J connectivity index is 2.03. The van der Waals surface area contributed by atoms with Crippen LogP contribution >= 0.6 is 11.8 Å². The number of unbranched alkanes of at least 4 members (excludes halogenated alkanes) is 10. The third-order valence-corrected chi connectivity index (χ3v) is 6.89. The smallest absolute Gasteiger partial charge is 0.309 e. The van der Waals surface area contributed by atoms with Crippen molar-refractivity contribution in [3.63, 3.8) is 0 Å². The van der Waals surface area contributed by atoms with E-state index < -0.39 is 11.9 Å². The Kier molecular flexibility index (Phi) is 17.6. The molecule has 0 aliphatic rings. The van der Waals surface area contributed by atoms with Gasteiger partial charge in [0.25, 0.3) is 0 Å². The standard InChI is InChI=1S/C27H45NO4S/c1-3-20-33-21-16-12-10-8-6-4-5-7-9-11-13-19-26(29)28-24-17-14-15-18-25(24)32-22-23(2)27(30)31/h14-15,17-18,23H,3-13,16,19-22H2,1-2H3,(H,28,29)(H,30,31). The molecule has 2 N–H and O–H groups in total. The van der Waals surface area contributed by atoms with Crippen LogP contribution in [0.1, 0.15) is 97.3 Å². The molecule has 1 aromatic rings. The molecular formula is C27H45NO4S. The van der Waals surface area contributed by atoms with Crippen molar-refractivity contribution in [2.24, 2.45) is 5.92 Å². The molecular weight excluding hydrogens is 434 g/mol. The van der Waals surface area contributed by atoms with Crippen molar-refractivity contribution in [2.75, 3.05) is 23.4 Å². The predicted octanol–water partition coefficient (Wildman–Crippen LogP) is 7.55. The summed E-state index contributed by atoms with van der Waals surface area (Å²) in [5.74, 6) is 1.62. The van der Waals surface area contributed by atoms with E-state index in [1.54, 1.807) is 19.1 Å². The predicted molar refractivity (Wildman–Crippen MR) is 140 cm³/mol. The van der Waals surface area contributed by atoms with E-state index in [1.807, 2.05) is 12.1 Å². The summed E-state index contributed by atoms with van der Waals surface area (Å²) in [6, 6.07) is 7.17. The number of thioether (sulfide) groups is 1. The van der Waals surface area contributed by atoms with Gasteiger partial charge in [0, 0.05) is 6.42 Å². The van der Waals surface area contributed by atoms with Gasteiger partial charge in [-0.2, -0.15) is 11.8 Å². The van der Waals surface area contributed by atoms with Gasteiger partial charge in [0.2, 0.25) is 5.91 Å². The van der Waals surface area contributed by atoms with Gasteiger partial charge in [0.1, 0.15) is 12.4 Å². The van der Waals surface area contributed by atoms with E-state index in [2.05, 4.69) is 24.0 Å². The van der Waals surface area contributed by atoms with E-state index in [4.69, 9.17) is 9.84 Å². The number of carboxylic acid groups (broad SMARTS) is 1. The van der Waals surface area contributed by atoms with Crippen LogP contribution in [-0.2, 0) is 9.59 Å². The lowest BCUT2D eigenvalue weighted by Crippen LogP contribution is -2.19. The molecule has 1 rings (SSSR count). The highest BCUT2D eigenvalue weighted by Gasteiger charge is 2.13. The first-order valence-electron chi connectivity index (χ1n) is 12.9. The maximum Gasteiger partial charge on any atom is 0.309 e. The van der Waals surface area contributed by atoms with E-state index in [0.717, 1.165) is 12.8 Å². The minimum atomic E-state index is -0.899. The molecule has 0 fully saturated rings. The molecule has 0 saturated carbocycles. The number of benzene rings is 1. The summed E-state index contributed by atoms with van der Waals surface area (Å²) in [5, 5.41) is 11.9. The van der Waals surface area contributed by atoms with Crippen molar-refractivity contribution in [2.45, 2.75) is 97.3 Å². The van der Waals surface area contributed by atoms with Gasteiger partial charge < -0.3 is 15.2 Å². The van der Waals surface area contributed by atoms with Crippen molar-refractivity contribution < 1.29 is 19.4 Å². The highest BCUT2D eigenvalue weighted by atomic mass is 32.2. The zero-order valence-electron chi connectivity index (χ0n) is 20.8. The largest absolute Gasteiger partial charge is 0.491 e. The Hall–Kier alpha value is -1.69. The van der Waals surface area contributed by atoms with Crippen LogP contribution in [0.15, 0.2) is 24.3 Å². The van der Waals surface area contributed by atoms with Crippen LogP contribution < -0.4 is 10.1 Å². The summed E-state index contributed by atoms with van der Waals surface area (Å²) in [7, 11) is 0. The van der Waals surface area contributed by atoms with E-state index >= 15 is 0 Å². The molecule has 0 aliphatic heterocycles. The number of carbonyl (C=O) groups excluding carboxylic acids is 1. The Morgan fingerprint density at radius 1 is 0.909 bits per heavy atom. The lowest BCUT2D eigenvalue weighted by atomic mass is 10.1. The summed E-state index contributed by atoms with van der Waals surface area (Å²) < 4.78 is 5.60. The van der Waals surface area contributed by atoms with E-state index in [1.165, 1.54) is 75.7 Å². The van der Waals surface area contributed by atoms with Gasteiger partial charge >= 0.3 is 5.97 Å². The number of carboxylic acids is 1. The van der Waals surface area contributed by atoms with Gasteiger partial charge in [-0.05, 0) is 49.8 Å². The highest BCUT2D eigenvalue weighted by molar-refractivity contribution is 7.99. The highest BCUT2D eigenvalue weighted by Crippen LogP contribution is 2.24. The van der Waals surface area contributed by atoms with Gasteiger partial charge in [-0.25, -0.2) is 0 Å². The molecule has 6 heteroatoms. The number of para-hydroxylation sites is 2. The summed E-state index contributed by atoms with van der Waals surface area (Å²) in [6.45, 7) is 3.91. The molecule has 0 radical (unpaired) electrons. The number of amides is 1. The van der Waals surface area contributed by atoms with Crippen molar-refractivity contribution >= 4 is 29.3 Å². The molecule has 188 valence electrons. The molecule has 33 heavy (non-hydrogen) atoms. The summed E-state index contributed by atoms with van der Waals surface area (Å²) in [6.07, 6.45) is 15.7. The second kappa shape index (κ2) is 19.7. The van der Waals surface area contributed by atoms with Gasteiger partial charge in [-0.15, -0.1) is 0 Å². The molecule has 0 spiro atoms.